The van der Waals surface area contributed by atoms with Gasteiger partial charge in [0.2, 0.25) is 0 Å². The molecule has 7 nitrogen and oxygen atoms in total. The normalized spacial score (nSPS) is 18.8. The highest BCUT2D eigenvalue weighted by atomic mass is 16.6. The van der Waals surface area contributed by atoms with Gasteiger partial charge in [-0.3, -0.25) is 4.79 Å². The minimum absolute atomic E-state index is 0.0829. The summed E-state index contributed by atoms with van der Waals surface area (Å²) in [7, 11) is 0. The van der Waals surface area contributed by atoms with Crippen LogP contribution >= 0.6 is 0 Å². The van der Waals surface area contributed by atoms with Crippen LogP contribution in [0, 0.1) is 0 Å². The molecule has 2 aliphatic heterocycles. The van der Waals surface area contributed by atoms with Crippen LogP contribution in [0.1, 0.15) is 35.4 Å². The summed E-state index contributed by atoms with van der Waals surface area (Å²) < 4.78 is 13.2. The summed E-state index contributed by atoms with van der Waals surface area (Å²) in [5.74, 6) is 3.22. The number of amides is 1. The Labute approximate surface area is 140 Å². The maximum Gasteiger partial charge on any atom is 0.251 e. The predicted octanol–water partition coefficient (Wildman–Crippen LogP) is 1.36. The van der Waals surface area contributed by atoms with Gasteiger partial charge in [-0.05, 0) is 24.6 Å². The number of rotatable bonds is 3. The van der Waals surface area contributed by atoms with Crippen molar-refractivity contribution in [1.82, 2.24) is 20.1 Å². The molecule has 1 aromatic carbocycles. The minimum Gasteiger partial charge on any atom is -0.486 e. The number of ether oxygens (including phenoxy) is 2. The van der Waals surface area contributed by atoms with Crippen molar-refractivity contribution in [2.75, 3.05) is 13.2 Å². The lowest BCUT2D eigenvalue weighted by molar-refractivity contribution is 0.0926. The van der Waals surface area contributed by atoms with Crippen LogP contribution in [-0.4, -0.2) is 39.9 Å². The van der Waals surface area contributed by atoms with Gasteiger partial charge in [0.1, 0.15) is 24.9 Å². The number of carbonyl (C=O) groups is 1. The van der Waals surface area contributed by atoms with Gasteiger partial charge in [0.25, 0.3) is 5.91 Å². The quantitative estimate of drug-likeness (QED) is 0.920. The zero-order chi connectivity index (χ0) is 16.5. The highest BCUT2D eigenvalue weighted by molar-refractivity contribution is 5.95. The number of carbonyl (C=O) groups excluding carboxylic acids is 1. The highest BCUT2D eigenvalue weighted by Gasteiger charge is 2.24. The Bertz CT molecular complexity index is 758. The zero-order valence-corrected chi connectivity index (χ0v) is 13.6. The summed E-state index contributed by atoms with van der Waals surface area (Å²) in [6, 6.07) is 5.39. The van der Waals surface area contributed by atoms with Crippen LogP contribution in [0.3, 0.4) is 0 Å². The molecule has 24 heavy (non-hydrogen) atoms. The van der Waals surface area contributed by atoms with E-state index in [4.69, 9.17) is 9.47 Å². The van der Waals surface area contributed by atoms with Crippen LogP contribution in [0.25, 0.3) is 0 Å². The molecule has 0 spiro atoms. The molecular formula is C17H20N4O3. The van der Waals surface area contributed by atoms with Crippen molar-refractivity contribution in [3.8, 4) is 11.5 Å². The van der Waals surface area contributed by atoms with Crippen LogP contribution in [0.5, 0.6) is 11.5 Å². The molecular weight excluding hydrogens is 308 g/mol. The lowest BCUT2D eigenvalue weighted by atomic mass is 10.1. The summed E-state index contributed by atoms with van der Waals surface area (Å²) in [6.07, 6.45) is 2.55. The number of hydrogen-bond acceptors (Lipinski definition) is 5. The van der Waals surface area contributed by atoms with Gasteiger partial charge in [0, 0.05) is 31.0 Å². The number of nitrogens with zero attached hydrogens (tertiary/aromatic N) is 3. The predicted molar refractivity (Wildman–Crippen MR) is 86.4 cm³/mol. The maximum atomic E-state index is 12.6. The molecule has 2 aromatic rings. The second-order valence-corrected chi connectivity index (χ2v) is 6.06. The Morgan fingerprint density at radius 2 is 2.12 bits per heavy atom. The van der Waals surface area contributed by atoms with E-state index >= 15 is 0 Å². The summed E-state index contributed by atoms with van der Waals surface area (Å²) >= 11 is 0. The molecule has 1 aromatic heterocycles. The molecule has 2 aliphatic rings. The van der Waals surface area contributed by atoms with Crippen LogP contribution < -0.4 is 14.8 Å². The second kappa shape index (κ2) is 6.14. The summed E-state index contributed by atoms with van der Waals surface area (Å²) in [4.78, 5) is 12.6. The molecule has 4 rings (SSSR count). The lowest BCUT2D eigenvalue weighted by Crippen LogP contribution is -2.41. The number of nitrogens with one attached hydrogen (secondary N) is 1. The van der Waals surface area contributed by atoms with Gasteiger partial charge in [-0.1, -0.05) is 6.92 Å². The van der Waals surface area contributed by atoms with Crippen molar-refractivity contribution in [2.45, 2.75) is 38.8 Å². The third kappa shape index (κ3) is 2.70. The average Bonchev–Trinajstić information content (AvgIpc) is 3.03. The third-order valence-corrected chi connectivity index (χ3v) is 4.48. The lowest BCUT2D eigenvalue weighted by Gasteiger charge is -2.25. The second-order valence-electron chi connectivity index (χ2n) is 6.06. The largest absolute Gasteiger partial charge is 0.486 e. The maximum absolute atomic E-state index is 12.6. The van der Waals surface area contributed by atoms with Gasteiger partial charge >= 0.3 is 0 Å². The minimum atomic E-state index is -0.0912. The molecule has 1 N–H and O–H groups in total. The summed E-state index contributed by atoms with van der Waals surface area (Å²) in [5, 5.41) is 11.5. The molecule has 0 aliphatic carbocycles. The first-order chi connectivity index (χ1) is 11.7. The van der Waals surface area contributed by atoms with Gasteiger partial charge in [-0.2, -0.15) is 0 Å². The first-order valence-electron chi connectivity index (χ1n) is 8.36. The van der Waals surface area contributed by atoms with Crippen molar-refractivity contribution in [2.24, 2.45) is 0 Å². The zero-order valence-electron chi connectivity index (χ0n) is 13.6. The van der Waals surface area contributed by atoms with E-state index in [1.54, 1.807) is 18.2 Å². The molecule has 0 unspecified atom stereocenters. The van der Waals surface area contributed by atoms with Crippen molar-refractivity contribution in [3.63, 3.8) is 0 Å². The monoisotopic (exact) mass is 328 g/mol. The average molecular weight is 328 g/mol. The fourth-order valence-electron chi connectivity index (χ4n) is 3.22. The fourth-order valence-corrected chi connectivity index (χ4v) is 3.22. The standard InChI is InChI=1S/C17H20N4O3/c1-2-15-19-20-16-6-4-12(10-21(15)16)18-17(22)11-3-5-13-14(9-11)24-8-7-23-13/h3,5,9,12H,2,4,6-8,10H2,1H3,(H,18,22)/t12-/m0/s1. The number of aromatic nitrogens is 3. The first kappa shape index (κ1) is 15.0. The Kier molecular flexibility index (Phi) is 3.84. The van der Waals surface area contributed by atoms with E-state index in [1.165, 1.54) is 0 Å². The van der Waals surface area contributed by atoms with Crippen LogP contribution in [0.4, 0.5) is 0 Å². The number of benzene rings is 1. The van der Waals surface area contributed by atoms with Gasteiger partial charge in [-0.25, -0.2) is 0 Å². The van der Waals surface area contributed by atoms with Gasteiger partial charge in [0.05, 0.1) is 0 Å². The van der Waals surface area contributed by atoms with Crippen LogP contribution in [0.2, 0.25) is 0 Å². The van der Waals surface area contributed by atoms with E-state index in [-0.39, 0.29) is 11.9 Å². The van der Waals surface area contributed by atoms with E-state index in [0.717, 1.165) is 37.5 Å². The van der Waals surface area contributed by atoms with Crippen molar-refractivity contribution < 1.29 is 14.3 Å². The third-order valence-electron chi connectivity index (χ3n) is 4.48. The van der Waals surface area contributed by atoms with E-state index in [2.05, 4.69) is 27.0 Å². The molecule has 0 bridgehead atoms. The van der Waals surface area contributed by atoms with Gasteiger partial charge in [0.15, 0.2) is 11.5 Å². The van der Waals surface area contributed by atoms with Crippen molar-refractivity contribution in [3.05, 3.63) is 35.4 Å². The molecule has 1 amide bonds. The molecule has 126 valence electrons. The van der Waals surface area contributed by atoms with Crippen LogP contribution in [0.15, 0.2) is 18.2 Å². The molecule has 1 atom stereocenters. The molecule has 7 heteroatoms. The Morgan fingerprint density at radius 3 is 2.96 bits per heavy atom. The first-order valence-corrected chi connectivity index (χ1v) is 8.36. The number of fused-ring (bicyclic) bond motifs is 2. The Morgan fingerprint density at radius 1 is 1.29 bits per heavy atom. The van der Waals surface area contributed by atoms with E-state index in [9.17, 15) is 4.79 Å². The molecule has 0 saturated heterocycles. The Balaban J connectivity index is 1.47. The number of hydrogen-bond donors (Lipinski definition) is 1. The van der Waals surface area contributed by atoms with E-state index in [1.807, 2.05) is 0 Å². The van der Waals surface area contributed by atoms with E-state index in [0.29, 0.717) is 30.3 Å². The highest BCUT2D eigenvalue weighted by Crippen LogP contribution is 2.30. The molecule has 0 radical (unpaired) electrons. The summed E-state index contributed by atoms with van der Waals surface area (Å²) in [5.41, 5.74) is 0.588. The van der Waals surface area contributed by atoms with Crippen molar-refractivity contribution in [1.29, 1.82) is 0 Å². The van der Waals surface area contributed by atoms with Gasteiger partial charge < -0.3 is 19.4 Å². The molecule has 0 saturated carbocycles. The topological polar surface area (TPSA) is 78.3 Å². The van der Waals surface area contributed by atoms with Gasteiger partial charge in [-0.15, -0.1) is 10.2 Å². The SMILES string of the molecule is CCc1nnc2n1C[C@@H](NC(=O)c1ccc3c(c1)OCCO3)CC2. The van der Waals surface area contributed by atoms with E-state index < -0.39 is 0 Å². The molecule has 3 heterocycles. The number of aryl methyl sites for hydroxylation is 2. The van der Waals surface area contributed by atoms with Crippen molar-refractivity contribution >= 4 is 5.91 Å². The fraction of sp³-hybridized carbons (Fsp3) is 0.471. The smallest absolute Gasteiger partial charge is 0.251 e. The summed E-state index contributed by atoms with van der Waals surface area (Å²) in [6.45, 7) is 3.84. The Hall–Kier alpha value is -2.57. The van der Waals surface area contributed by atoms with Crippen LogP contribution in [-0.2, 0) is 19.4 Å². The molecule has 0 fully saturated rings.